The zero-order valence-electron chi connectivity index (χ0n) is 23.1. The summed E-state index contributed by atoms with van der Waals surface area (Å²) in [6.45, 7) is 2.06. The van der Waals surface area contributed by atoms with E-state index < -0.39 is 12.0 Å². The summed E-state index contributed by atoms with van der Waals surface area (Å²) in [4.78, 5) is 36.1. The van der Waals surface area contributed by atoms with Crippen LogP contribution < -0.4 is 10.4 Å². The Hall–Kier alpha value is -5.16. The number of nitrogens with zero attached hydrogens (tertiary/aromatic N) is 7. The number of hydrogen-bond acceptors (Lipinski definition) is 8. The zero-order valence-corrected chi connectivity index (χ0v) is 23.1. The number of pyridine rings is 1. The molecule has 0 saturated carbocycles. The first-order valence-electron chi connectivity index (χ1n) is 13.8. The number of hydrogen-bond donors (Lipinski definition) is 1. The molecule has 0 bridgehead atoms. The Kier molecular flexibility index (Phi) is 7.82. The number of amides is 2. The maximum absolute atomic E-state index is 14.3. The van der Waals surface area contributed by atoms with Crippen LogP contribution in [0.15, 0.2) is 91.3 Å². The first-order valence-corrected chi connectivity index (χ1v) is 13.8. The molecule has 6 rings (SSSR count). The fourth-order valence-corrected chi connectivity index (χ4v) is 5.42. The predicted octanol–water partition coefficient (Wildman–Crippen LogP) is 4.64. The number of rotatable bonds is 6. The number of ether oxygens (including phenoxy) is 1. The van der Waals surface area contributed by atoms with Gasteiger partial charge in [-0.15, -0.1) is 10.2 Å². The van der Waals surface area contributed by atoms with Crippen LogP contribution in [0.4, 0.5) is 10.5 Å². The molecule has 0 radical (unpaired) electrons. The number of fused-ring (bicyclic) bond motifs is 1. The number of benzene rings is 3. The summed E-state index contributed by atoms with van der Waals surface area (Å²) in [5.41, 5.74) is 6.86. The summed E-state index contributed by atoms with van der Waals surface area (Å²) in [5, 5.41) is 14.0. The fourth-order valence-electron chi connectivity index (χ4n) is 5.42. The summed E-state index contributed by atoms with van der Waals surface area (Å²) in [7, 11) is 1.28. The first-order chi connectivity index (χ1) is 20.6. The number of anilines is 1. The van der Waals surface area contributed by atoms with E-state index in [4.69, 9.17) is 9.72 Å². The number of piperidine rings is 1. The van der Waals surface area contributed by atoms with Crippen LogP contribution in [0.25, 0.3) is 22.2 Å². The number of nitrogens with one attached hydrogen (secondary N) is 1. The van der Waals surface area contributed by atoms with Crippen LogP contribution >= 0.6 is 0 Å². The number of para-hydroxylation sites is 2. The van der Waals surface area contributed by atoms with E-state index in [1.165, 1.54) is 13.4 Å². The van der Waals surface area contributed by atoms with Gasteiger partial charge in [0.15, 0.2) is 6.33 Å². The van der Waals surface area contributed by atoms with Gasteiger partial charge in [-0.2, -0.15) is 9.81 Å². The Morgan fingerprint density at radius 3 is 2.33 bits per heavy atom. The van der Waals surface area contributed by atoms with E-state index in [0.29, 0.717) is 28.7 Å². The topological polar surface area (TPSA) is 118 Å². The third-order valence-corrected chi connectivity index (χ3v) is 7.48. The van der Waals surface area contributed by atoms with Crippen molar-refractivity contribution in [3.8, 4) is 11.3 Å². The highest BCUT2D eigenvalue weighted by atomic mass is 16.5. The molecule has 0 spiro atoms. The van der Waals surface area contributed by atoms with Crippen molar-refractivity contribution in [3.63, 3.8) is 0 Å². The second-order valence-electron chi connectivity index (χ2n) is 10.0. The molecule has 1 N–H and O–H groups in total. The quantitative estimate of drug-likeness (QED) is 0.297. The molecule has 1 saturated heterocycles. The lowest BCUT2D eigenvalue weighted by atomic mass is 9.94. The van der Waals surface area contributed by atoms with Crippen molar-refractivity contribution in [3.05, 3.63) is 102 Å². The second-order valence-corrected chi connectivity index (χ2v) is 10.0. The van der Waals surface area contributed by atoms with Crippen LogP contribution in [-0.2, 0) is 11.3 Å². The van der Waals surface area contributed by atoms with Crippen molar-refractivity contribution in [2.24, 2.45) is 0 Å². The Morgan fingerprint density at radius 2 is 1.64 bits per heavy atom. The molecule has 0 atom stereocenters. The van der Waals surface area contributed by atoms with Gasteiger partial charge in [0.25, 0.3) is 5.91 Å². The molecular formula is C31H30N8O3. The van der Waals surface area contributed by atoms with Gasteiger partial charge in [0.2, 0.25) is 0 Å². The fraction of sp³-hybridized carbons (Fsp3) is 0.226. The van der Waals surface area contributed by atoms with Crippen LogP contribution in [0, 0.1) is 0 Å². The molecule has 2 aromatic heterocycles. The monoisotopic (exact) mass is 562 g/mol. The predicted molar refractivity (Wildman–Crippen MR) is 157 cm³/mol. The van der Waals surface area contributed by atoms with Gasteiger partial charge < -0.3 is 4.74 Å². The average molecular weight is 563 g/mol. The molecule has 212 valence electrons. The van der Waals surface area contributed by atoms with Crippen LogP contribution in [0.3, 0.4) is 0 Å². The molecule has 1 aliphatic rings. The number of likely N-dealkylation sites (tertiary alicyclic amines) is 1. The van der Waals surface area contributed by atoms with Crippen molar-refractivity contribution in [2.75, 3.05) is 25.2 Å². The summed E-state index contributed by atoms with van der Waals surface area (Å²) in [6, 6.07) is 26.5. The molecule has 11 heteroatoms. The maximum Gasteiger partial charge on any atom is 0.433 e. The van der Waals surface area contributed by atoms with Gasteiger partial charge >= 0.3 is 6.09 Å². The first kappa shape index (κ1) is 27.0. The number of tetrazole rings is 1. The van der Waals surface area contributed by atoms with E-state index >= 15 is 0 Å². The van der Waals surface area contributed by atoms with E-state index in [1.54, 1.807) is 29.1 Å². The van der Waals surface area contributed by atoms with Gasteiger partial charge in [-0.3, -0.25) is 15.1 Å². The number of aromatic nitrogens is 5. The van der Waals surface area contributed by atoms with E-state index in [1.807, 2.05) is 60.7 Å². The van der Waals surface area contributed by atoms with Crippen molar-refractivity contribution < 1.29 is 14.3 Å². The highest BCUT2D eigenvalue weighted by Gasteiger charge is 2.29. The zero-order chi connectivity index (χ0) is 28.9. The van der Waals surface area contributed by atoms with Crippen LogP contribution in [0.1, 0.15) is 34.8 Å². The molecule has 42 heavy (non-hydrogen) atoms. The van der Waals surface area contributed by atoms with Crippen LogP contribution in [0.2, 0.25) is 0 Å². The normalized spacial score (nSPS) is 14.0. The van der Waals surface area contributed by atoms with Gasteiger partial charge in [-0.1, -0.05) is 66.7 Å². The Labute approximate surface area is 242 Å². The highest BCUT2D eigenvalue weighted by Crippen LogP contribution is 2.33. The van der Waals surface area contributed by atoms with E-state index in [2.05, 4.69) is 25.7 Å². The van der Waals surface area contributed by atoms with Gasteiger partial charge in [0, 0.05) is 36.1 Å². The molecule has 1 fully saturated rings. The summed E-state index contributed by atoms with van der Waals surface area (Å²) in [5.74, 6) is -0.434. The molecule has 5 aromatic rings. The van der Waals surface area contributed by atoms with E-state index in [9.17, 15) is 9.59 Å². The smallest absolute Gasteiger partial charge is 0.433 e. The Morgan fingerprint density at radius 1 is 0.952 bits per heavy atom. The minimum atomic E-state index is -0.707. The van der Waals surface area contributed by atoms with E-state index in [0.717, 1.165) is 47.8 Å². The average Bonchev–Trinajstić information content (AvgIpc) is 3.59. The van der Waals surface area contributed by atoms with Crippen LogP contribution in [-0.4, -0.2) is 62.3 Å². The molecule has 1 aliphatic heterocycles. The van der Waals surface area contributed by atoms with Crippen molar-refractivity contribution in [2.45, 2.75) is 25.4 Å². The number of carbonyl (C=O) groups is 2. The third kappa shape index (κ3) is 5.54. The maximum atomic E-state index is 14.3. The van der Waals surface area contributed by atoms with E-state index in [-0.39, 0.29) is 6.04 Å². The van der Waals surface area contributed by atoms with Crippen LogP contribution in [0.5, 0.6) is 0 Å². The Balaban J connectivity index is 1.42. The number of methoxy groups -OCH3 is 1. The molecule has 3 aromatic carbocycles. The lowest BCUT2D eigenvalue weighted by molar-refractivity contribution is 0.0939. The van der Waals surface area contributed by atoms with Crippen molar-refractivity contribution in [1.29, 1.82) is 0 Å². The lowest BCUT2D eigenvalue weighted by Gasteiger charge is -2.32. The Bertz CT molecular complexity index is 1670. The van der Waals surface area contributed by atoms with Gasteiger partial charge in [-0.25, -0.2) is 9.78 Å². The molecule has 11 nitrogen and oxygen atoms in total. The SMILES string of the molecule is COC(=O)N(NC(=O)c1c(CN2CCC(n3ncnn3)CC2)c(-c2ccccc2)nc2ccccc12)c1ccccc1. The largest absolute Gasteiger partial charge is 0.451 e. The molecule has 3 heterocycles. The lowest BCUT2D eigenvalue weighted by Crippen LogP contribution is -2.47. The number of hydrazine groups is 1. The third-order valence-electron chi connectivity index (χ3n) is 7.48. The minimum Gasteiger partial charge on any atom is -0.451 e. The second kappa shape index (κ2) is 12.1. The molecule has 0 aliphatic carbocycles. The minimum absolute atomic E-state index is 0.175. The van der Waals surface area contributed by atoms with Crippen molar-refractivity contribution >= 4 is 28.6 Å². The molecule has 2 amide bonds. The summed E-state index contributed by atoms with van der Waals surface area (Å²) in [6.07, 6.45) is 2.45. The van der Waals surface area contributed by atoms with Gasteiger partial charge in [0.1, 0.15) is 0 Å². The molecular weight excluding hydrogens is 532 g/mol. The number of carbonyl (C=O) groups excluding carboxylic acids is 2. The van der Waals surface area contributed by atoms with Crippen molar-refractivity contribution in [1.82, 2.24) is 35.5 Å². The molecule has 0 unspecified atom stereocenters. The van der Waals surface area contributed by atoms with Gasteiger partial charge in [0.05, 0.1) is 35.6 Å². The standard InChI is InChI=1S/C31H30N8O3/c1-42-31(41)38(23-12-6-3-7-13-23)35-30(40)28-25-14-8-9-15-27(25)34-29(22-10-4-2-5-11-22)26(28)20-37-18-16-24(17-19-37)39-33-21-32-36-39/h2-15,21,24H,16-20H2,1H3,(H,35,40). The van der Waals surface area contributed by atoms with Gasteiger partial charge in [-0.05, 0) is 36.3 Å². The summed E-state index contributed by atoms with van der Waals surface area (Å²) >= 11 is 0. The summed E-state index contributed by atoms with van der Waals surface area (Å²) < 4.78 is 5.01. The highest BCUT2D eigenvalue weighted by molar-refractivity contribution is 6.10.